The van der Waals surface area contributed by atoms with Gasteiger partial charge in [-0.05, 0) is 42.2 Å². The lowest BCUT2D eigenvalue weighted by molar-refractivity contribution is 0.116. The first kappa shape index (κ1) is 11.4. The Morgan fingerprint density at radius 2 is 2.35 bits per heavy atom. The molecule has 2 atom stereocenters. The molecule has 2 heterocycles. The SMILES string of the molecule is OC(c1cccc2c1OCCC2)C1CCSC1. The van der Waals surface area contributed by atoms with Crippen molar-refractivity contribution in [1.82, 2.24) is 0 Å². The van der Waals surface area contributed by atoms with E-state index in [4.69, 9.17) is 4.74 Å². The maximum atomic E-state index is 10.5. The van der Waals surface area contributed by atoms with E-state index in [0.29, 0.717) is 5.92 Å². The number of aliphatic hydroxyl groups is 1. The third-order valence-electron chi connectivity index (χ3n) is 3.69. The fraction of sp³-hybridized carbons (Fsp3) is 0.571. The molecule has 1 aromatic carbocycles. The summed E-state index contributed by atoms with van der Waals surface area (Å²) in [6.45, 7) is 0.788. The summed E-state index contributed by atoms with van der Waals surface area (Å²) in [6, 6.07) is 6.19. The highest BCUT2D eigenvalue weighted by Gasteiger charge is 2.28. The Balaban J connectivity index is 1.91. The van der Waals surface area contributed by atoms with Crippen LogP contribution in [0.3, 0.4) is 0 Å². The van der Waals surface area contributed by atoms with Crippen LogP contribution in [0, 0.1) is 5.92 Å². The Bertz CT molecular complexity index is 399. The van der Waals surface area contributed by atoms with Gasteiger partial charge in [-0.15, -0.1) is 0 Å². The minimum atomic E-state index is -0.349. The highest BCUT2D eigenvalue weighted by atomic mass is 32.2. The molecule has 3 rings (SSSR count). The average molecular weight is 250 g/mol. The van der Waals surface area contributed by atoms with Gasteiger partial charge in [0.25, 0.3) is 0 Å². The number of benzene rings is 1. The maximum Gasteiger partial charge on any atom is 0.128 e. The zero-order chi connectivity index (χ0) is 11.7. The van der Waals surface area contributed by atoms with E-state index >= 15 is 0 Å². The molecular weight excluding hydrogens is 232 g/mol. The summed E-state index contributed by atoms with van der Waals surface area (Å²) >= 11 is 1.94. The van der Waals surface area contributed by atoms with Crippen LogP contribution in [-0.2, 0) is 6.42 Å². The minimum absolute atomic E-state index is 0.349. The summed E-state index contributed by atoms with van der Waals surface area (Å²) in [4.78, 5) is 0. The topological polar surface area (TPSA) is 29.5 Å². The average Bonchev–Trinajstić information content (AvgIpc) is 2.91. The quantitative estimate of drug-likeness (QED) is 0.875. The van der Waals surface area contributed by atoms with Crippen molar-refractivity contribution >= 4 is 11.8 Å². The van der Waals surface area contributed by atoms with Crippen LogP contribution in [0.25, 0.3) is 0 Å². The number of rotatable bonds is 2. The zero-order valence-electron chi connectivity index (χ0n) is 9.89. The van der Waals surface area contributed by atoms with Crippen LogP contribution in [0.5, 0.6) is 5.75 Å². The van der Waals surface area contributed by atoms with Gasteiger partial charge in [0.1, 0.15) is 5.75 Å². The smallest absolute Gasteiger partial charge is 0.128 e. The van der Waals surface area contributed by atoms with E-state index in [1.165, 1.54) is 11.3 Å². The van der Waals surface area contributed by atoms with Crippen molar-refractivity contribution < 1.29 is 9.84 Å². The lowest BCUT2D eigenvalue weighted by Crippen LogP contribution is -2.16. The minimum Gasteiger partial charge on any atom is -0.493 e. The predicted molar refractivity (Wildman–Crippen MR) is 70.6 cm³/mol. The molecule has 0 radical (unpaired) electrons. The summed E-state index contributed by atoms with van der Waals surface area (Å²) in [5.74, 6) is 3.61. The molecule has 1 saturated heterocycles. The van der Waals surface area contributed by atoms with Crippen molar-refractivity contribution in [3.63, 3.8) is 0 Å². The van der Waals surface area contributed by atoms with Crippen molar-refractivity contribution in [3.05, 3.63) is 29.3 Å². The van der Waals surface area contributed by atoms with Crippen LogP contribution < -0.4 is 4.74 Å². The number of fused-ring (bicyclic) bond motifs is 1. The number of para-hydroxylation sites is 1. The first-order valence-electron chi connectivity index (χ1n) is 6.36. The lowest BCUT2D eigenvalue weighted by atomic mass is 9.92. The van der Waals surface area contributed by atoms with E-state index in [1.807, 2.05) is 23.9 Å². The van der Waals surface area contributed by atoms with E-state index in [-0.39, 0.29) is 6.10 Å². The molecule has 0 amide bonds. The molecule has 2 unspecified atom stereocenters. The van der Waals surface area contributed by atoms with Gasteiger partial charge in [0.2, 0.25) is 0 Å². The molecule has 0 saturated carbocycles. The molecule has 0 spiro atoms. The number of hydrogen-bond acceptors (Lipinski definition) is 3. The summed E-state index contributed by atoms with van der Waals surface area (Å²) < 4.78 is 5.77. The summed E-state index contributed by atoms with van der Waals surface area (Å²) in [5, 5.41) is 10.5. The Labute approximate surface area is 106 Å². The van der Waals surface area contributed by atoms with Crippen molar-refractivity contribution in [1.29, 1.82) is 0 Å². The molecule has 0 bridgehead atoms. The molecule has 1 N–H and O–H groups in total. The molecule has 0 aromatic heterocycles. The van der Waals surface area contributed by atoms with Gasteiger partial charge in [-0.25, -0.2) is 0 Å². The highest BCUT2D eigenvalue weighted by molar-refractivity contribution is 7.99. The largest absolute Gasteiger partial charge is 0.493 e. The molecule has 1 aromatic rings. The van der Waals surface area contributed by atoms with Gasteiger partial charge in [-0.1, -0.05) is 18.2 Å². The van der Waals surface area contributed by atoms with E-state index in [9.17, 15) is 5.11 Å². The van der Waals surface area contributed by atoms with E-state index in [2.05, 4.69) is 6.07 Å². The Hall–Kier alpha value is -0.670. The molecule has 3 heteroatoms. The van der Waals surface area contributed by atoms with Gasteiger partial charge in [-0.3, -0.25) is 0 Å². The number of aliphatic hydroxyl groups excluding tert-OH is 1. The highest BCUT2D eigenvalue weighted by Crippen LogP contribution is 2.40. The standard InChI is InChI=1S/C14H18O2S/c15-13(11-6-8-17-9-11)12-5-1-3-10-4-2-7-16-14(10)12/h1,3,5,11,13,15H,2,4,6-9H2. The Kier molecular flexibility index (Phi) is 3.30. The number of thioether (sulfide) groups is 1. The summed E-state index contributed by atoms with van der Waals surface area (Å²) in [6.07, 6.45) is 2.94. The van der Waals surface area contributed by atoms with Gasteiger partial charge in [-0.2, -0.15) is 11.8 Å². The molecular formula is C14H18O2S. The van der Waals surface area contributed by atoms with Crippen LogP contribution >= 0.6 is 11.8 Å². The van der Waals surface area contributed by atoms with Crippen molar-refractivity contribution in [2.75, 3.05) is 18.1 Å². The first-order chi connectivity index (χ1) is 8.36. The molecule has 0 aliphatic carbocycles. The fourth-order valence-electron chi connectivity index (χ4n) is 2.70. The summed E-state index contributed by atoms with van der Waals surface area (Å²) in [5.41, 5.74) is 2.27. The fourth-order valence-corrected chi connectivity index (χ4v) is 3.99. The second-order valence-corrected chi connectivity index (χ2v) is 6.01. The third kappa shape index (κ3) is 2.18. The van der Waals surface area contributed by atoms with Gasteiger partial charge >= 0.3 is 0 Å². The van der Waals surface area contributed by atoms with Gasteiger partial charge in [0.15, 0.2) is 0 Å². The van der Waals surface area contributed by atoms with Crippen LogP contribution in [-0.4, -0.2) is 23.2 Å². The Morgan fingerprint density at radius 3 is 3.18 bits per heavy atom. The third-order valence-corrected chi connectivity index (χ3v) is 4.88. The Morgan fingerprint density at radius 1 is 1.41 bits per heavy atom. The summed E-state index contributed by atoms with van der Waals surface area (Å²) in [7, 11) is 0. The second-order valence-electron chi connectivity index (χ2n) is 4.86. The lowest BCUT2D eigenvalue weighted by Gasteiger charge is -2.25. The van der Waals surface area contributed by atoms with Crippen molar-refractivity contribution in [2.24, 2.45) is 5.92 Å². The van der Waals surface area contributed by atoms with Gasteiger partial charge < -0.3 is 9.84 Å². The van der Waals surface area contributed by atoms with Gasteiger partial charge in [0.05, 0.1) is 12.7 Å². The molecule has 2 aliphatic heterocycles. The number of aryl methyl sites for hydroxylation is 1. The number of hydrogen-bond donors (Lipinski definition) is 1. The van der Waals surface area contributed by atoms with Crippen molar-refractivity contribution in [2.45, 2.75) is 25.4 Å². The monoisotopic (exact) mass is 250 g/mol. The molecule has 17 heavy (non-hydrogen) atoms. The van der Waals surface area contributed by atoms with Gasteiger partial charge in [0, 0.05) is 5.56 Å². The molecule has 1 fully saturated rings. The van der Waals surface area contributed by atoms with E-state index < -0.39 is 0 Å². The van der Waals surface area contributed by atoms with E-state index in [1.54, 1.807) is 0 Å². The normalized spacial score (nSPS) is 25.1. The van der Waals surface area contributed by atoms with Crippen molar-refractivity contribution in [3.8, 4) is 5.75 Å². The van der Waals surface area contributed by atoms with Crippen LogP contribution in [0.2, 0.25) is 0 Å². The van der Waals surface area contributed by atoms with Crippen LogP contribution in [0.1, 0.15) is 30.1 Å². The maximum absolute atomic E-state index is 10.5. The van der Waals surface area contributed by atoms with E-state index in [0.717, 1.165) is 42.9 Å². The zero-order valence-corrected chi connectivity index (χ0v) is 10.7. The number of ether oxygens (including phenoxy) is 1. The van der Waals surface area contributed by atoms with Crippen LogP contribution in [0.15, 0.2) is 18.2 Å². The van der Waals surface area contributed by atoms with Crippen LogP contribution in [0.4, 0.5) is 0 Å². The predicted octanol–water partition coefficient (Wildman–Crippen LogP) is 2.80. The molecule has 2 aliphatic rings. The second kappa shape index (κ2) is 4.91. The molecule has 92 valence electrons. The first-order valence-corrected chi connectivity index (χ1v) is 7.52. The molecule has 2 nitrogen and oxygen atoms in total.